The molecule has 1 aliphatic rings. The summed E-state index contributed by atoms with van der Waals surface area (Å²) in [5.41, 5.74) is 2.34. The van der Waals surface area contributed by atoms with Gasteiger partial charge in [-0.25, -0.2) is 4.39 Å². The zero-order chi connectivity index (χ0) is 19.1. The highest BCUT2D eigenvalue weighted by Crippen LogP contribution is 2.14. The second-order valence-corrected chi connectivity index (χ2v) is 7.40. The Kier molecular flexibility index (Phi) is 6.96. The minimum atomic E-state index is -0.238. The molecule has 0 aliphatic carbocycles. The average molecular weight is 369 g/mol. The van der Waals surface area contributed by atoms with E-state index in [1.807, 2.05) is 18.0 Å². The highest BCUT2D eigenvalue weighted by atomic mass is 19.1. The lowest BCUT2D eigenvalue weighted by molar-refractivity contribution is -0.123. The number of hydrogen-bond acceptors (Lipinski definition) is 3. The van der Waals surface area contributed by atoms with Gasteiger partial charge in [0, 0.05) is 32.2 Å². The number of benzene rings is 2. The van der Waals surface area contributed by atoms with E-state index in [-0.39, 0.29) is 17.8 Å². The van der Waals surface area contributed by atoms with Crippen LogP contribution < -0.4 is 5.32 Å². The molecule has 144 valence electrons. The van der Waals surface area contributed by atoms with Gasteiger partial charge in [0.15, 0.2) is 0 Å². The topological polar surface area (TPSA) is 35.6 Å². The van der Waals surface area contributed by atoms with E-state index in [2.05, 4.69) is 34.5 Å². The predicted molar refractivity (Wildman–Crippen MR) is 106 cm³/mol. The highest BCUT2D eigenvalue weighted by Gasteiger charge is 2.21. The molecule has 3 rings (SSSR count). The van der Waals surface area contributed by atoms with Crippen LogP contribution >= 0.6 is 0 Å². The summed E-state index contributed by atoms with van der Waals surface area (Å²) in [4.78, 5) is 16.7. The number of hydrogen-bond donors (Lipinski definition) is 1. The fraction of sp³-hybridized carbons (Fsp3) is 0.409. The van der Waals surface area contributed by atoms with Crippen LogP contribution in [0.4, 0.5) is 4.39 Å². The van der Waals surface area contributed by atoms with Gasteiger partial charge in [0.05, 0.1) is 6.54 Å². The molecule has 1 fully saturated rings. The lowest BCUT2D eigenvalue weighted by atomic mass is 10.0. The number of rotatable bonds is 7. The number of nitrogens with one attached hydrogen (secondary N) is 1. The van der Waals surface area contributed by atoms with Crippen molar-refractivity contribution in [1.82, 2.24) is 15.1 Å². The number of nitrogens with zero attached hydrogens (tertiary/aromatic N) is 2. The molecule has 1 heterocycles. The number of piperidine rings is 1. The van der Waals surface area contributed by atoms with Gasteiger partial charge < -0.3 is 5.32 Å². The summed E-state index contributed by atoms with van der Waals surface area (Å²) in [6.07, 6.45) is 1.97. The van der Waals surface area contributed by atoms with Crippen molar-refractivity contribution in [2.45, 2.75) is 32.0 Å². The van der Waals surface area contributed by atoms with E-state index >= 15 is 0 Å². The SMILES string of the molecule is CN(CC(=O)NC1CCN(Cc2ccccc2)CC1)Cc1ccc(F)cc1. The Morgan fingerprint density at radius 2 is 1.74 bits per heavy atom. The van der Waals surface area contributed by atoms with Crippen molar-refractivity contribution in [2.75, 3.05) is 26.7 Å². The molecule has 2 aromatic rings. The normalized spacial score (nSPS) is 15.8. The van der Waals surface area contributed by atoms with Crippen LogP contribution in [-0.2, 0) is 17.9 Å². The number of carbonyl (C=O) groups excluding carboxylic acids is 1. The van der Waals surface area contributed by atoms with Crippen molar-refractivity contribution in [3.8, 4) is 0 Å². The van der Waals surface area contributed by atoms with Gasteiger partial charge in [-0.3, -0.25) is 14.6 Å². The van der Waals surface area contributed by atoms with Gasteiger partial charge in [-0.05, 0) is 43.1 Å². The second-order valence-electron chi connectivity index (χ2n) is 7.40. The smallest absolute Gasteiger partial charge is 0.234 e. The maximum Gasteiger partial charge on any atom is 0.234 e. The fourth-order valence-corrected chi connectivity index (χ4v) is 3.55. The van der Waals surface area contributed by atoms with Crippen molar-refractivity contribution >= 4 is 5.91 Å². The largest absolute Gasteiger partial charge is 0.352 e. The van der Waals surface area contributed by atoms with Gasteiger partial charge in [-0.15, -0.1) is 0 Å². The summed E-state index contributed by atoms with van der Waals surface area (Å²) >= 11 is 0. The lowest BCUT2D eigenvalue weighted by Crippen LogP contribution is -2.46. The third-order valence-corrected chi connectivity index (χ3v) is 4.98. The molecule has 1 saturated heterocycles. The van der Waals surface area contributed by atoms with Crippen molar-refractivity contribution in [1.29, 1.82) is 0 Å². The van der Waals surface area contributed by atoms with E-state index in [0.717, 1.165) is 38.0 Å². The summed E-state index contributed by atoms with van der Waals surface area (Å²) in [6.45, 7) is 3.96. The molecule has 0 bridgehead atoms. The Labute approximate surface area is 161 Å². The van der Waals surface area contributed by atoms with Crippen LogP contribution in [-0.4, -0.2) is 48.4 Å². The molecular weight excluding hydrogens is 341 g/mol. The zero-order valence-corrected chi connectivity index (χ0v) is 15.9. The Morgan fingerprint density at radius 3 is 2.41 bits per heavy atom. The summed E-state index contributed by atoms with van der Waals surface area (Å²) in [7, 11) is 1.91. The monoisotopic (exact) mass is 369 g/mol. The minimum Gasteiger partial charge on any atom is -0.352 e. The summed E-state index contributed by atoms with van der Waals surface area (Å²) < 4.78 is 13.0. The molecule has 1 aliphatic heterocycles. The molecule has 1 amide bonds. The van der Waals surface area contributed by atoms with E-state index in [1.54, 1.807) is 12.1 Å². The summed E-state index contributed by atoms with van der Waals surface area (Å²) in [5, 5.41) is 3.16. The van der Waals surface area contributed by atoms with Crippen LogP contribution in [0.5, 0.6) is 0 Å². The van der Waals surface area contributed by atoms with Crippen molar-refractivity contribution in [3.05, 3.63) is 71.5 Å². The Morgan fingerprint density at radius 1 is 1.07 bits per heavy atom. The predicted octanol–water partition coefficient (Wildman–Crippen LogP) is 3.04. The molecule has 2 aromatic carbocycles. The third-order valence-electron chi connectivity index (χ3n) is 4.98. The quantitative estimate of drug-likeness (QED) is 0.815. The molecule has 0 spiro atoms. The van der Waals surface area contributed by atoms with E-state index in [1.165, 1.54) is 17.7 Å². The molecule has 5 heteroatoms. The number of carbonyl (C=O) groups is 1. The maximum atomic E-state index is 13.0. The van der Waals surface area contributed by atoms with E-state index in [0.29, 0.717) is 13.1 Å². The second kappa shape index (κ2) is 9.62. The van der Waals surface area contributed by atoms with Crippen molar-refractivity contribution < 1.29 is 9.18 Å². The number of likely N-dealkylation sites (N-methyl/N-ethyl adjacent to an activating group) is 1. The van der Waals surface area contributed by atoms with Gasteiger partial charge in [0.25, 0.3) is 0 Å². The lowest BCUT2D eigenvalue weighted by Gasteiger charge is -2.32. The average Bonchev–Trinajstić information content (AvgIpc) is 2.66. The molecule has 0 radical (unpaired) electrons. The molecule has 0 aromatic heterocycles. The number of amides is 1. The van der Waals surface area contributed by atoms with Crippen LogP contribution in [0.25, 0.3) is 0 Å². The first-order chi connectivity index (χ1) is 13.1. The first-order valence-corrected chi connectivity index (χ1v) is 9.57. The summed E-state index contributed by atoms with van der Waals surface area (Å²) in [5.74, 6) is -0.182. The Bertz CT molecular complexity index is 712. The van der Waals surface area contributed by atoms with Crippen molar-refractivity contribution in [2.24, 2.45) is 0 Å². The van der Waals surface area contributed by atoms with Gasteiger partial charge in [-0.1, -0.05) is 42.5 Å². The van der Waals surface area contributed by atoms with Crippen LogP contribution in [0.3, 0.4) is 0 Å². The summed E-state index contributed by atoms with van der Waals surface area (Å²) in [6, 6.07) is 17.2. The van der Waals surface area contributed by atoms with Crippen LogP contribution in [0.15, 0.2) is 54.6 Å². The molecule has 1 N–H and O–H groups in total. The van der Waals surface area contributed by atoms with Crippen LogP contribution in [0.2, 0.25) is 0 Å². The third kappa shape index (κ3) is 6.45. The van der Waals surface area contributed by atoms with E-state index in [9.17, 15) is 9.18 Å². The van der Waals surface area contributed by atoms with E-state index < -0.39 is 0 Å². The standard InChI is InChI=1S/C22H28FN3O/c1-25(15-19-7-9-20(23)10-8-19)17-22(27)24-21-11-13-26(14-12-21)16-18-5-3-2-4-6-18/h2-10,21H,11-17H2,1H3,(H,24,27). The highest BCUT2D eigenvalue weighted by molar-refractivity contribution is 5.78. The first-order valence-electron chi connectivity index (χ1n) is 9.57. The first kappa shape index (κ1) is 19.5. The number of halogens is 1. The number of likely N-dealkylation sites (tertiary alicyclic amines) is 1. The van der Waals surface area contributed by atoms with E-state index in [4.69, 9.17) is 0 Å². The zero-order valence-electron chi connectivity index (χ0n) is 15.9. The molecular formula is C22H28FN3O. The molecule has 0 saturated carbocycles. The van der Waals surface area contributed by atoms with Gasteiger partial charge >= 0.3 is 0 Å². The molecule has 4 nitrogen and oxygen atoms in total. The van der Waals surface area contributed by atoms with Gasteiger partial charge in [-0.2, -0.15) is 0 Å². The van der Waals surface area contributed by atoms with Crippen LogP contribution in [0, 0.1) is 5.82 Å². The molecule has 0 unspecified atom stereocenters. The Balaban J connectivity index is 1.37. The van der Waals surface area contributed by atoms with Crippen molar-refractivity contribution in [3.63, 3.8) is 0 Å². The molecule has 27 heavy (non-hydrogen) atoms. The maximum absolute atomic E-state index is 13.0. The Hall–Kier alpha value is -2.24. The van der Waals surface area contributed by atoms with Gasteiger partial charge in [0.1, 0.15) is 5.82 Å². The van der Waals surface area contributed by atoms with Crippen LogP contribution in [0.1, 0.15) is 24.0 Å². The molecule has 0 atom stereocenters. The fourth-order valence-electron chi connectivity index (χ4n) is 3.55. The van der Waals surface area contributed by atoms with Gasteiger partial charge in [0.2, 0.25) is 5.91 Å². The minimum absolute atomic E-state index is 0.0566.